The fourth-order valence-electron chi connectivity index (χ4n) is 3.62. The molecule has 1 aromatic carbocycles. The van der Waals surface area contributed by atoms with Crippen molar-refractivity contribution in [2.45, 2.75) is 38.5 Å². The van der Waals surface area contributed by atoms with E-state index in [2.05, 4.69) is 5.32 Å². The van der Waals surface area contributed by atoms with E-state index >= 15 is 0 Å². The van der Waals surface area contributed by atoms with Crippen molar-refractivity contribution in [3.05, 3.63) is 76.4 Å². The van der Waals surface area contributed by atoms with E-state index in [4.69, 9.17) is 9.15 Å². The summed E-state index contributed by atoms with van der Waals surface area (Å²) in [7, 11) is 0. The zero-order valence-corrected chi connectivity index (χ0v) is 17.4. The molecule has 6 nitrogen and oxygen atoms in total. The van der Waals surface area contributed by atoms with E-state index in [1.165, 1.54) is 11.3 Å². The number of hydrogen-bond donors (Lipinski definition) is 1. The third kappa shape index (κ3) is 4.98. The number of ether oxygens (including phenoxy) is 1. The lowest BCUT2D eigenvalue weighted by Gasteiger charge is -2.34. The standard InChI is InChI=1S/C23H24N2O4S/c26-22(20-9-1-2-11-25(20)23(27)21-10-5-13-30-21)24-18-7-3-6-17(14-18)15-28-16-19-8-4-12-29-19/h3-8,10,12-14,20H,1-2,9,11,15-16H2,(H,24,26). The minimum Gasteiger partial charge on any atom is -0.467 e. The topological polar surface area (TPSA) is 71.8 Å². The molecule has 156 valence electrons. The predicted molar refractivity (Wildman–Crippen MR) is 115 cm³/mol. The van der Waals surface area contributed by atoms with E-state index in [-0.39, 0.29) is 11.8 Å². The normalized spacial score (nSPS) is 16.4. The third-order valence-corrected chi connectivity index (χ3v) is 5.94. The molecule has 1 atom stereocenters. The summed E-state index contributed by atoms with van der Waals surface area (Å²) in [6.07, 6.45) is 4.15. The first kappa shape index (κ1) is 20.4. The maximum atomic E-state index is 13.0. The van der Waals surface area contributed by atoms with Gasteiger partial charge in [0.25, 0.3) is 5.91 Å². The molecule has 0 bridgehead atoms. The average Bonchev–Trinajstić information content (AvgIpc) is 3.48. The van der Waals surface area contributed by atoms with Gasteiger partial charge in [0, 0.05) is 12.2 Å². The third-order valence-electron chi connectivity index (χ3n) is 5.09. The second-order valence-corrected chi connectivity index (χ2v) is 8.20. The summed E-state index contributed by atoms with van der Waals surface area (Å²) in [5.41, 5.74) is 1.66. The number of thiophene rings is 1. The Morgan fingerprint density at radius 2 is 2.07 bits per heavy atom. The van der Waals surface area contributed by atoms with Gasteiger partial charge in [-0.15, -0.1) is 11.3 Å². The van der Waals surface area contributed by atoms with E-state index in [0.717, 1.165) is 24.2 Å². The zero-order valence-electron chi connectivity index (χ0n) is 16.6. The van der Waals surface area contributed by atoms with Crippen LogP contribution in [0.25, 0.3) is 0 Å². The van der Waals surface area contributed by atoms with Crippen molar-refractivity contribution in [1.82, 2.24) is 4.90 Å². The molecule has 2 amide bonds. The van der Waals surface area contributed by atoms with Gasteiger partial charge in [-0.2, -0.15) is 0 Å². The highest BCUT2D eigenvalue weighted by molar-refractivity contribution is 7.12. The SMILES string of the molecule is O=C(Nc1cccc(COCc2ccco2)c1)C1CCCCN1C(=O)c1cccs1. The molecule has 7 heteroatoms. The van der Waals surface area contributed by atoms with Crippen molar-refractivity contribution >= 4 is 28.8 Å². The number of hydrogen-bond acceptors (Lipinski definition) is 5. The van der Waals surface area contributed by atoms with Gasteiger partial charge in [0.05, 0.1) is 17.7 Å². The monoisotopic (exact) mass is 424 g/mol. The molecule has 1 unspecified atom stereocenters. The number of anilines is 1. The summed E-state index contributed by atoms with van der Waals surface area (Å²) in [5, 5.41) is 4.86. The van der Waals surface area contributed by atoms with Crippen LogP contribution in [0, 0.1) is 0 Å². The molecule has 0 spiro atoms. The molecule has 2 aromatic heterocycles. The largest absolute Gasteiger partial charge is 0.467 e. The van der Waals surface area contributed by atoms with Crippen LogP contribution in [0.3, 0.4) is 0 Å². The molecule has 1 N–H and O–H groups in total. The van der Waals surface area contributed by atoms with Crippen LogP contribution in [0.5, 0.6) is 0 Å². The van der Waals surface area contributed by atoms with Crippen LogP contribution in [0.15, 0.2) is 64.6 Å². The predicted octanol–water partition coefficient (Wildman–Crippen LogP) is 4.69. The molecule has 1 saturated heterocycles. The number of nitrogens with zero attached hydrogens (tertiary/aromatic N) is 1. The number of likely N-dealkylation sites (tertiary alicyclic amines) is 1. The Hall–Kier alpha value is -2.90. The maximum absolute atomic E-state index is 13.0. The number of nitrogens with one attached hydrogen (secondary N) is 1. The Bertz CT molecular complexity index is 969. The van der Waals surface area contributed by atoms with Gasteiger partial charge in [0.15, 0.2) is 0 Å². The van der Waals surface area contributed by atoms with Crippen LogP contribution in [0.2, 0.25) is 0 Å². The van der Waals surface area contributed by atoms with Gasteiger partial charge in [-0.05, 0) is 60.5 Å². The van der Waals surface area contributed by atoms with Gasteiger partial charge >= 0.3 is 0 Å². The highest BCUT2D eigenvalue weighted by Crippen LogP contribution is 2.23. The Morgan fingerprint density at radius 1 is 1.13 bits per heavy atom. The minimum absolute atomic E-state index is 0.0649. The number of rotatable bonds is 7. The maximum Gasteiger partial charge on any atom is 0.264 e. The number of carbonyl (C=O) groups excluding carboxylic acids is 2. The number of furan rings is 1. The Morgan fingerprint density at radius 3 is 2.87 bits per heavy atom. The van der Waals surface area contributed by atoms with Gasteiger partial charge in [0.2, 0.25) is 5.91 Å². The molecule has 1 fully saturated rings. The Labute approximate surface area is 179 Å². The smallest absolute Gasteiger partial charge is 0.264 e. The van der Waals surface area contributed by atoms with E-state index in [1.54, 1.807) is 11.2 Å². The quantitative estimate of drug-likeness (QED) is 0.597. The van der Waals surface area contributed by atoms with Crippen molar-refractivity contribution < 1.29 is 18.7 Å². The lowest BCUT2D eigenvalue weighted by molar-refractivity contribution is -0.121. The van der Waals surface area contributed by atoms with Gasteiger partial charge in [-0.3, -0.25) is 9.59 Å². The summed E-state index contributed by atoms with van der Waals surface area (Å²) < 4.78 is 10.9. The van der Waals surface area contributed by atoms with Crippen molar-refractivity contribution in [3.63, 3.8) is 0 Å². The van der Waals surface area contributed by atoms with Crippen LogP contribution in [-0.2, 0) is 22.7 Å². The van der Waals surface area contributed by atoms with Crippen molar-refractivity contribution in [1.29, 1.82) is 0 Å². The first-order valence-electron chi connectivity index (χ1n) is 10.0. The number of carbonyl (C=O) groups is 2. The van der Waals surface area contributed by atoms with E-state index in [0.29, 0.717) is 36.7 Å². The fraction of sp³-hybridized carbons (Fsp3) is 0.304. The van der Waals surface area contributed by atoms with Crippen LogP contribution in [0.4, 0.5) is 5.69 Å². The second-order valence-electron chi connectivity index (χ2n) is 7.25. The molecule has 1 aliphatic rings. The van der Waals surface area contributed by atoms with Gasteiger partial charge in [0.1, 0.15) is 18.4 Å². The first-order chi connectivity index (χ1) is 14.7. The molecule has 0 aliphatic carbocycles. The fourth-order valence-corrected chi connectivity index (χ4v) is 4.30. The summed E-state index contributed by atoms with van der Waals surface area (Å²) in [4.78, 5) is 28.2. The van der Waals surface area contributed by atoms with E-state index < -0.39 is 6.04 Å². The molecule has 1 aliphatic heterocycles. The molecule has 3 aromatic rings. The van der Waals surface area contributed by atoms with Gasteiger partial charge < -0.3 is 19.4 Å². The van der Waals surface area contributed by atoms with Crippen LogP contribution in [0.1, 0.15) is 40.3 Å². The number of amides is 2. The molecule has 0 radical (unpaired) electrons. The first-order valence-corrected chi connectivity index (χ1v) is 10.9. The molecular formula is C23H24N2O4S. The van der Waals surface area contributed by atoms with Gasteiger partial charge in [-0.25, -0.2) is 0 Å². The molecule has 3 heterocycles. The van der Waals surface area contributed by atoms with Crippen molar-refractivity contribution in [2.24, 2.45) is 0 Å². The molecule has 4 rings (SSSR count). The summed E-state index contributed by atoms with van der Waals surface area (Å²) in [6.45, 7) is 1.41. The Balaban J connectivity index is 1.37. The van der Waals surface area contributed by atoms with Gasteiger partial charge in [-0.1, -0.05) is 18.2 Å². The summed E-state index contributed by atoms with van der Waals surface area (Å²) in [5.74, 6) is 0.561. The highest BCUT2D eigenvalue weighted by Gasteiger charge is 2.33. The highest BCUT2D eigenvalue weighted by atomic mass is 32.1. The van der Waals surface area contributed by atoms with Crippen LogP contribution >= 0.6 is 11.3 Å². The van der Waals surface area contributed by atoms with Crippen LogP contribution < -0.4 is 5.32 Å². The van der Waals surface area contributed by atoms with Crippen molar-refractivity contribution in [3.8, 4) is 0 Å². The lowest BCUT2D eigenvalue weighted by Crippen LogP contribution is -2.49. The van der Waals surface area contributed by atoms with Crippen LogP contribution in [-0.4, -0.2) is 29.3 Å². The Kier molecular flexibility index (Phi) is 6.61. The minimum atomic E-state index is -0.452. The molecule has 0 saturated carbocycles. The average molecular weight is 425 g/mol. The lowest BCUT2D eigenvalue weighted by atomic mass is 10.0. The summed E-state index contributed by atoms with van der Waals surface area (Å²) in [6, 6.07) is 14.5. The van der Waals surface area contributed by atoms with E-state index in [9.17, 15) is 9.59 Å². The second kappa shape index (κ2) is 9.73. The van der Waals surface area contributed by atoms with Crippen molar-refractivity contribution in [2.75, 3.05) is 11.9 Å². The van der Waals surface area contributed by atoms with E-state index in [1.807, 2.05) is 53.9 Å². The molecule has 30 heavy (non-hydrogen) atoms. The summed E-state index contributed by atoms with van der Waals surface area (Å²) >= 11 is 1.41. The zero-order chi connectivity index (χ0) is 20.8. The molecular weight excluding hydrogens is 400 g/mol. The number of benzene rings is 1. The number of piperidine rings is 1.